The summed E-state index contributed by atoms with van der Waals surface area (Å²) in [5, 5.41) is 21.8. The average molecular weight is 447 g/mol. The zero-order chi connectivity index (χ0) is 21.3. The number of anilines is 1. The van der Waals surface area contributed by atoms with Gasteiger partial charge in [0.05, 0.1) is 27.1 Å². The van der Waals surface area contributed by atoms with Gasteiger partial charge in [0.25, 0.3) is 5.69 Å². The van der Waals surface area contributed by atoms with Gasteiger partial charge in [0.15, 0.2) is 0 Å². The molecule has 0 radical (unpaired) electrons. The SMILES string of the molecule is O=C(CSc1ncn(-c2ccccc2)n1)NCCCNc1ccc([N+](=O)[O-])cc1Cl. The zero-order valence-corrected chi connectivity index (χ0v) is 17.4. The first kappa shape index (κ1) is 21.6. The number of hydrogen-bond acceptors (Lipinski definition) is 7. The Morgan fingerprint density at radius 3 is 2.73 bits per heavy atom. The van der Waals surface area contributed by atoms with Gasteiger partial charge in [0.2, 0.25) is 11.1 Å². The number of nitrogens with zero attached hydrogens (tertiary/aromatic N) is 4. The number of carbonyl (C=O) groups is 1. The first-order valence-electron chi connectivity index (χ1n) is 9.07. The second-order valence-electron chi connectivity index (χ2n) is 6.15. The molecule has 9 nitrogen and oxygen atoms in total. The lowest BCUT2D eigenvalue weighted by atomic mass is 10.2. The smallest absolute Gasteiger partial charge is 0.271 e. The molecule has 3 rings (SSSR count). The minimum atomic E-state index is -0.495. The number of benzene rings is 2. The molecule has 0 aliphatic heterocycles. The quantitative estimate of drug-likeness (QED) is 0.212. The molecule has 30 heavy (non-hydrogen) atoms. The number of aromatic nitrogens is 3. The van der Waals surface area contributed by atoms with Crippen LogP contribution < -0.4 is 10.6 Å². The summed E-state index contributed by atoms with van der Waals surface area (Å²) >= 11 is 7.29. The number of thioether (sulfide) groups is 1. The van der Waals surface area contributed by atoms with E-state index in [1.54, 1.807) is 17.1 Å². The Balaban J connectivity index is 1.34. The van der Waals surface area contributed by atoms with E-state index in [2.05, 4.69) is 20.7 Å². The molecule has 2 N–H and O–H groups in total. The molecule has 0 spiro atoms. The molecule has 156 valence electrons. The number of halogens is 1. The third kappa shape index (κ3) is 6.19. The number of hydrogen-bond donors (Lipinski definition) is 2. The summed E-state index contributed by atoms with van der Waals surface area (Å²) < 4.78 is 1.66. The highest BCUT2D eigenvalue weighted by Gasteiger charge is 2.09. The molecule has 2 aromatic carbocycles. The van der Waals surface area contributed by atoms with Gasteiger partial charge in [-0.05, 0) is 24.6 Å². The summed E-state index contributed by atoms with van der Waals surface area (Å²) in [6, 6.07) is 13.9. The monoisotopic (exact) mass is 446 g/mol. The standard InChI is InChI=1S/C19H19ClN6O3S/c20-16-11-15(26(28)29)7-8-17(16)21-9-4-10-22-18(27)12-30-19-23-13-25(24-19)14-5-2-1-3-6-14/h1-3,5-8,11,13,21H,4,9-10,12H2,(H,22,27). The molecule has 0 saturated carbocycles. The van der Waals surface area contributed by atoms with Crippen LogP contribution >= 0.6 is 23.4 Å². The van der Waals surface area contributed by atoms with Crippen LogP contribution in [0.1, 0.15) is 6.42 Å². The van der Waals surface area contributed by atoms with Gasteiger partial charge in [-0.2, -0.15) is 0 Å². The van der Waals surface area contributed by atoms with Crippen LogP contribution in [0.4, 0.5) is 11.4 Å². The lowest BCUT2D eigenvalue weighted by Crippen LogP contribution is -2.27. The fraction of sp³-hybridized carbons (Fsp3) is 0.211. The van der Waals surface area contributed by atoms with Gasteiger partial charge in [-0.3, -0.25) is 14.9 Å². The van der Waals surface area contributed by atoms with Crippen molar-refractivity contribution in [2.75, 3.05) is 24.2 Å². The fourth-order valence-corrected chi connectivity index (χ4v) is 3.37. The van der Waals surface area contributed by atoms with Crippen molar-refractivity contribution in [2.24, 2.45) is 0 Å². The molecule has 0 fully saturated rings. The number of nitro groups is 1. The third-order valence-corrected chi connectivity index (χ3v) is 5.14. The van der Waals surface area contributed by atoms with Crippen LogP contribution in [0, 0.1) is 10.1 Å². The third-order valence-electron chi connectivity index (χ3n) is 3.98. The Hall–Kier alpha value is -3.11. The summed E-state index contributed by atoms with van der Waals surface area (Å²) in [5.74, 6) is 0.116. The lowest BCUT2D eigenvalue weighted by Gasteiger charge is -2.09. The molecule has 1 amide bonds. The molecule has 0 aliphatic rings. The van der Waals surface area contributed by atoms with Gasteiger partial charge in [-0.1, -0.05) is 41.6 Å². The second-order valence-corrected chi connectivity index (χ2v) is 7.50. The largest absolute Gasteiger partial charge is 0.384 e. The predicted octanol–water partition coefficient (Wildman–Crippen LogP) is 3.54. The maximum atomic E-state index is 12.0. The molecule has 0 unspecified atom stereocenters. The van der Waals surface area contributed by atoms with E-state index in [-0.39, 0.29) is 22.4 Å². The van der Waals surface area contributed by atoms with Crippen LogP contribution in [-0.2, 0) is 4.79 Å². The van der Waals surface area contributed by atoms with Gasteiger partial charge in [0.1, 0.15) is 6.33 Å². The Kier molecular flexibility index (Phi) is 7.63. The summed E-state index contributed by atoms with van der Waals surface area (Å²) in [6.45, 7) is 1.05. The summed E-state index contributed by atoms with van der Waals surface area (Å²) in [5.41, 5.74) is 1.46. The fourth-order valence-electron chi connectivity index (χ4n) is 2.50. The van der Waals surface area contributed by atoms with Gasteiger partial charge >= 0.3 is 0 Å². The maximum absolute atomic E-state index is 12.0. The van der Waals surface area contributed by atoms with Crippen molar-refractivity contribution in [2.45, 2.75) is 11.6 Å². The van der Waals surface area contributed by atoms with Crippen LogP contribution in [0.15, 0.2) is 60.0 Å². The normalized spacial score (nSPS) is 10.6. The first-order valence-corrected chi connectivity index (χ1v) is 10.4. The van der Waals surface area contributed by atoms with Crippen molar-refractivity contribution in [1.29, 1.82) is 0 Å². The van der Waals surface area contributed by atoms with Crippen LogP contribution in [0.2, 0.25) is 5.02 Å². The molecule has 0 aliphatic carbocycles. The van der Waals surface area contributed by atoms with Gasteiger partial charge in [-0.15, -0.1) is 5.10 Å². The van der Waals surface area contributed by atoms with Crippen molar-refractivity contribution in [1.82, 2.24) is 20.1 Å². The Bertz CT molecular complexity index is 1010. The van der Waals surface area contributed by atoms with Crippen molar-refractivity contribution in [3.8, 4) is 5.69 Å². The van der Waals surface area contributed by atoms with Crippen LogP contribution in [0.5, 0.6) is 0 Å². The van der Waals surface area contributed by atoms with E-state index in [0.29, 0.717) is 30.4 Å². The number of amides is 1. The number of para-hydroxylation sites is 1. The summed E-state index contributed by atoms with van der Waals surface area (Å²) in [4.78, 5) is 26.4. The topological polar surface area (TPSA) is 115 Å². The molecule has 11 heteroatoms. The first-order chi connectivity index (χ1) is 14.5. The Labute approximate surface area is 182 Å². The minimum Gasteiger partial charge on any atom is -0.384 e. The second kappa shape index (κ2) is 10.6. The van der Waals surface area contributed by atoms with E-state index >= 15 is 0 Å². The zero-order valence-electron chi connectivity index (χ0n) is 15.8. The molecule has 1 aromatic heterocycles. The van der Waals surface area contributed by atoms with Crippen molar-refractivity contribution in [3.63, 3.8) is 0 Å². The average Bonchev–Trinajstić information content (AvgIpc) is 3.22. The number of non-ortho nitro benzene ring substituents is 1. The van der Waals surface area contributed by atoms with Gasteiger partial charge < -0.3 is 10.6 Å². The Morgan fingerprint density at radius 2 is 2.00 bits per heavy atom. The van der Waals surface area contributed by atoms with Crippen LogP contribution in [0.3, 0.4) is 0 Å². The lowest BCUT2D eigenvalue weighted by molar-refractivity contribution is -0.384. The van der Waals surface area contributed by atoms with E-state index in [0.717, 1.165) is 5.69 Å². The molecular weight excluding hydrogens is 428 g/mol. The van der Waals surface area contributed by atoms with E-state index in [1.807, 2.05) is 30.3 Å². The van der Waals surface area contributed by atoms with Crippen LogP contribution in [0.25, 0.3) is 5.69 Å². The Morgan fingerprint density at radius 1 is 1.20 bits per heavy atom. The number of carbonyl (C=O) groups excluding carboxylic acids is 1. The van der Waals surface area contributed by atoms with E-state index < -0.39 is 4.92 Å². The van der Waals surface area contributed by atoms with Gasteiger partial charge in [0, 0.05) is 25.2 Å². The van der Waals surface area contributed by atoms with Crippen LogP contribution in [-0.4, -0.2) is 44.4 Å². The molecule has 3 aromatic rings. The summed E-state index contributed by atoms with van der Waals surface area (Å²) in [6.07, 6.45) is 2.29. The van der Waals surface area contributed by atoms with E-state index in [9.17, 15) is 14.9 Å². The van der Waals surface area contributed by atoms with E-state index in [1.165, 1.54) is 23.9 Å². The highest BCUT2D eigenvalue weighted by molar-refractivity contribution is 7.99. The number of nitrogens with one attached hydrogen (secondary N) is 2. The van der Waals surface area contributed by atoms with Crippen molar-refractivity contribution >= 4 is 40.6 Å². The molecule has 0 atom stereocenters. The highest BCUT2D eigenvalue weighted by atomic mass is 35.5. The molecule has 0 saturated heterocycles. The van der Waals surface area contributed by atoms with Gasteiger partial charge in [-0.25, -0.2) is 9.67 Å². The molecule has 0 bridgehead atoms. The predicted molar refractivity (Wildman–Crippen MR) is 116 cm³/mol. The molecular formula is C19H19ClN6O3S. The summed E-state index contributed by atoms with van der Waals surface area (Å²) in [7, 11) is 0. The number of nitro benzene ring substituents is 1. The number of rotatable bonds is 10. The maximum Gasteiger partial charge on any atom is 0.271 e. The highest BCUT2D eigenvalue weighted by Crippen LogP contribution is 2.26. The van der Waals surface area contributed by atoms with E-state index in [4.69, 9.17) is 11.6 Å². The van der Waals surface area contributed by atoms with Crippen molar-refractivity contribution in [3.05, 3.63) is 70.0 Å². The molecule has 1 heterocycles. The minimum absolute atomic E-state index is 0.0570. The van der Waals surface area contributed by atoms with Crippen molar-refractivity contribution < 1.29 is 9.72 Å².